The van der Waals surface area contributed by atoms with Crippen molar-refractivity contribution in [2.75, 3.05) is 14.2 Å². The number of rotatable bonds is 6. The van der Waals surface area contributed by atoms with Crippen LogP contribution in [0.5, 0.6) is 11.5 Å². The van der Waals surface area contributed by atoms with E-state index in [-0.39, 0.29) is 11.7 Å². The highest BCUT2D eigenvalue weighted by Gasteiger charge is 2.16. The first kappa shape index (κ1) is 15.0. The monoisotopic (exact) mass is 265 g/mol. The lowest BCUT2D eigenvalue weighted by molar-refractivity contribution is -0.120. The van der Waals surface area contributed by atoms with Crippen LogP contribution in [0.1, 0.15) is 30.6 Å². The van der Waals surface area contributed by atoms with Gasteiger partial charge in [0.2, 0.25) is 0 Å². The van der Waals surface area contributed by atoms with Gasteiger partial charge in [-0.1, -0.05) is 6.92 Å². The molecule has 0 spiro atoms. The van der Waals surface area contributed by atoms with Gasteiger partial charge in [0.05, 0.1) is 20.3 Å². The predicted molar refractivity (Wildman–Crippen MR) is 71.8 cm³/mol. The zero-order chi connectivity index (χ0) is 14.4. The van der Waals surface area contributed by atoms with Gasteiger partial charge in [-0.2, -0.15) is 0 Å². The zero-order valence-electron chi connectivity index (χ0n) is 11.6. The second-order valence-corrected chi connectivity index (χ2v) is 4.08. The molecule has 1 aromatic rings. The standard InChI is InChI=1S/C14H19NO4/c1-5-11(16)9(2)15-14(17)10-6-7-12(18-3)13(8-10)19-4/h6-9H,5H2,1-4H3,(H,15,17). The van der Waals surface area contributed by atoms with Crippen molar-refractivity contribution in [3.63, 3.8) is 0 Å². The summed E-state index contributed by atoms with van der Waals surface area (Å²) in [6.07, 6.45) is 0.396. The van der Waals surface area contributed by atoms with E-state index in [0.717, 1.165) is 0 Å². The first-order valence-electron chi connectivity index (χ1n) is 6.09. The van der Waals surface area contributed by atoms with Gasteiger partial charge in [-0.25, -0.2) is 0 Å². The van der Waals surface area contributed by atoms with Crippen LogP contribution in [0.4, 0.5) is 0 Å². The van der Waals surface area contributed by atoms with Gasteiger partial charge >= 0.3 is 0 Å². The van der Waals surface area contributed by atoms with Gasteiger partial charge in [-0.3, -0.25) is 9.59 Å². The van der Waals surface area contributed by atoms with E-state index in [4.69, 9.17) is 9.47 Å². The van der Waals surface area contributed by atoms with Crippen LogP contribution >= 0.6 is 0 Å². The Morgan fingerprint density at radius 1 is 1.21 bits per heavy atom. The van der Waals surface area contributed by atoms with E-state index < -0.39 is 6.04 Å². The molecule has 0 saturated carbocycles. The normalized spacial score (nSPS) is 11.6. The Labute approximate surface area is 112 Å². The number of amides is 1. The lowest BCUT2D eigenvalue weighted by atomic mass is 10.1. The highest BCUT2D eigenvalue weighted by Crippen LogP contribution is 2.27. The molecule has 0 heterocycles. The zero-order valence-corrected chi connectivity index (χ0v) is 11.6. The minimum atomic E-state index is -0.495. The third-order valence-electron chi connectivity index (χ3n) is 2.82. The van der Waals surface area contributed by atoms with Crippen molar-refractivity contribution in [3.05, 3.63) is 23.8 Å². The molecule has 1 atom stereocenters. The van der Waals surface area contributed by atoms with Crippen molar-refractivity contribution < 1.29 is 19.1 Å². The summed E-state index contributed by atoms with van der Waals surface area (Å²) in [6.45, 7) is 3.44. The molecule has 5 heteroatoms. The molecule has 0 saturated heterocycles. The van der Waals surface area contributed by atoms with E-state index in [2.05, 4.69) is 5.32 Å². The molecule has 0 fully saturated rings. The van der Waals surface area contributed by atoms with Crippen molar-refractivity contribution in [2.24, 2.45) is 0 Å². The van der Waals surface area contributed by atoms with Crippen molar-refractivity contribution in [3.8, 4) is 11.5 Å². The summed E-state index contributed by atoms with van der Waals surface area (Å²) in [5.74, 6) is 0.713. The van der Waals surface area contributed by atoms with Crippen molar-refractivity contribution >= 4 is 11.7 Å². The fourth-order valence-electron chi connectivity index (χ4n) is 1.64. The molecule has 1 N–H and O–H groups in total. The second kappa shape index (κ2) is 6.78. The number of hydrogen-bond donors (Lipinski definition) is 1. The number of carbonyl (C=O) groups excluding carboxylic acids is 2. The first-order valence-corrected chi connectivity index (χ1v) is 6.09. The van der Waals surface area contributed by atoms with Crippen LogP contribution in [0.15, 0.2) is 18.2 Å². The van der Waals surface area contributed by atoms with E-state index in [0.29, 0.717) is 23.5 Å². The van der Waals surface area contributed by atoms with E-state index in [1.165, 1.54) is 14.2 Å². The number of hydrogen-bond acceptors (Lipinski definition) is 4. The fourth-order valence-corrected chi connectivity index (χ4v) is 1.64. The Morgan fingerprint density at radius 2 is 1.84 bits per heavy atom. The van der Waals surface area contributed by atoms with Gasteiger partial charge in [0.1, 0.15) is 0 Å². The average molecular weight is 265 g/mol. The summed E-state index contributed by atoms with van der Waals surface area (Å²) in [4.78, 5) is 23.4. The average Bonchev–Trinajstić information content (AvgIpc) is 2.45. The third kappa shape index (κ3) is 3.71. The summed E-state index contributed by atoms with van der Waals surface area (Å²) in [5.41, 5.74) is 0.424. The van der Waals surface area contributed by atoms with Crippen molar-refractivity contribution in [1.29, 1.82) is 0 Å². The Hall–Kier alpha value is -2.04. The minimum absolute atomic E-state index is 0.00572. The maximum Gasteiger partial charge on any atom is 0.251 e. The van der Waals surface area contributed by atoms with Gasteiger partial charge in [0.15, 0.2) is 17.3 Å². The third-order valence-corrected chi connectivity index (χ3v) is 2.82. The van der Waals surface area contributed by atoms with E-state index in [1.54, 1.807) is 32.0 Å². The van der Waals surface area contributed by atoms with Crippen LogP contribution < -0.4 is 14.8 Å². The molecule has 1 amide bonds. The summed E-state index contributed by atoms with van der Waals surface area (Å²) in [6, 6.07) is 4.36. The molecular weight excluding hydrogens is 246 g/mol. The lowest BCUT2D eigenvalue weighted by Gasteiger charge is -2.13. The van der Waals surface area contributed by atoms with E-state index in [9.17, 15) is 9.59 Å². The number of methoxy groups -OCH3 is 2. The van der Waals surface area contributed by atoms with Crippen molar-refractivity contribution in [1.82, 2.24) is 5.32 Å². The number of ether oxygens (including phenoxy) is 2. The molecule has 0 aliphatic rings. The lowest BCUT2D eigenvalue weighted by Crippen LogP contribution is -2.38. The number of Topliss-reactive ketones (excluding diaryl/α,β-unsaturated/α-hetero) is 1. The smallest absolute Gasteiger partial charge is 0.251 e. The van der Waals surface area contributed by atoms with Crippen LogP contribution in [0.25, 0.3) is 0 Å². The molecule has 0 aliphatic heterocycles. The quantitative estimate of drug-likeness (QED) is 0.851. The van der Waals surface area contributed by atoms with Crippen molar-refractivity contribution in [2.45, 2.75) is 26.3 Å². The molecule has 1 aromatic carbocycles. The highest BCUT2D eigenvalue weighted by atomic mass is 16.5. The molecule has 0 aromatic heterocycles. The Bertz CT molecular complexity index is 471. The van der Waals surface area contributed by atoms with Crippen LogP contribution in [-0.2, 0) is 4.79 Å². The first-order chi connectivity index (χ1) is 9.03. The second-order valence-electron chi connectivity index (χ2n) is 4.08. The number of benzene rings is 1. The summed E-state index contributed by atoms with van der Waals surface area (Å²) in [7, 11) is 3.03. The molecule has 1 rings (SSSR count). The number of carbonyl (C=O) groups is 2. The van der Waals surface area contributed by atoms with Gasteiger partial charge in [0, 0.05) is 12.0 Å². The fraction of sp³-hybridized carbons (Fsp3) is 0.429. The topological polar surface area (TPSA) is 64.6 Å². The van der Waals surface area contributed by atoms with Gasteiger partial charge in [-0.15, -0.1) is 0 Å². The molecular formula is C14H19NO4. The van der Waals surface area contributed by atoms with E-state index in [1.807, 2.05) is 0 Å². The SMILES string of the molecule is CCC(=O)C(C)NC(=O)c1ccc(OC)c(OC)c1. The number of nitrogens with one attached hydrogen (secondary N) is 1. The largest absolute Gasteiger partial charge is 0.493 e. The van der Waals surface area contributed by atoms with E-state index >= 15 is 0 Å². The molecule has 1 unspecified atom stereocenters. The van der Waals surface area contributed by atoms with Crippen LogP contribution in [0, 0.1) is 0 Å². The minimum Gasteiger partial charge on any atom is -0.493 e. The Balaban J connectivity index is 2.85. The Morgan fingerprint density at radius 3 is 2.37 bits per heavy atom. The number of ketones is 1. The highest BCUT2D eigenvalue weighted by molar-refractivity contribution is 5.98. The van der Waals surface area contributed by atoms with Crippen LogP contribution in [0.2, 0.25) is 0 Å². The predicted octanol–water partition coefficient (Wildman–Crippen LogP) is 1.80. The van der Waals surface area contributed by atoms with Gasteiger partial charge in [-0.05, 0) is 25.1 Å². The molecule has 0 bridgehead atoms. The molecule has 104 valence electrons. The van der Waals surface area contributed by atoms with Gasteiger partial charge in [0.25, 0.3) is 5.91 Å². The Kier molecular flexibility index (Phi) is 5.36. The van der Waals surface area contributed by atoms with Crippen LogP contribution in [0.3, 0.4) is 0 Å². The summed E-state index contributed by atoms with van der Waals surface area (Å²) >= 11 is 0. The van der Waals surface area contributed by atoms with Crippen LogP contribution in [-0.4, -0.2) is 32.0 Å². The molecule has 0 aliphatic carbocycles. The molecule has 5 nitrogen and oxygen atoms in total. The van der Waals surface area contributed by atoms with Gasteiger partial charge < -0.3 is 14.8 Å². The maximum atomic E-state index is 12.0. The molecule has 19 heavy (non-hydrogen) atoms. The molecule has 0 radical (unpaired) electrons. The summed E-state index contributed by atoms with van der Waals surface area (Å²) < 4.78 is 10.2. The summed E-state index contributed by atoms with van der Waals surface area (Å²) in [5, 5.41) is 2.65. The maximum absolute atomic E-state index is 12.0.